The average Bonchev–Trinajstić information content (AvgIpc) is 3.19. The van der Waals surface area contributed by atoms with Gasteiger partial charge in [-0.2, -0.15) is 0 Å². The minimum Gasteiger partial charge on any atom is -0.469 e. The molecule has 0 radical (unpaired) electrons. The molecule has 1 unspecified atom stereocenters. The van der Waals surface area contributed by atoms with E-state index in [9.17, 15) is 4.79 Å². The second-order valence-corrected chi connectivity index (χ2v) is 7.46. The first-order chi connectivity index (χ1) is 12.8. The number of nitrogens with zero attached hydrogens (tertiary/aromatic N) is 2. The Kier molecular flexibility index (Phi) is 13.9. The molecule has 150 valence electrons. The lowest BCUT2D eigenvalue weighted by molar-refractivity contribution is -0.140. The molecule has 0 amide bonds. The average molecular weight is 365 g/mol. The van der Waals surface area contributed by atoms with Crippen molar-refractivity contribution in [2.24, 2.45) is 0 Å². The van der Waals surface area contributed by atoms with Gasteiger partial charge in [0.15, 0.2) is 0 Å². The van der Waals surface area contributed by atoms with Gasteiger partial charge in [-0.3, -0.25) is 4.79 Å². The summed E-state index contributed by atoms with van der Waals surface area (Å²) in [7, 11) is 1.46. The van der Waals surface area contributed by atoms with Gasteiger partial charge in [0, 0.05) is 24.9 Å². The fourth-order valence-corrected chi connectivity index (χ4v) is 3.55. The van der Waals surface area contributed by atoms with Gasteiger partial charge in [0.05, 0.1) is 13.4 Å². The molecule has 1 aromatic rings. The molecule has 0 spiro atoms. The van der Waals surface area contributed by atoms with Crippen LogP contribution in [0.25, 0.3) is 0 Å². The van der Waals surface area contributed by atoms with Crippen molar-refractivity contribution in [1.29, 1.82) is 0 Å². The van der Waals surface area contributed by atoms with Crippen molar-refractivity contribution < 1.29 is 9.53 Å². The molecule has 0 N–H and O–H groups in total. The van der Waals surface area contributed by atoms with E-state index in [1.165, 1.54) is 84.2 Å². The Bertz CT molecular complexity index is 431. The number of imidazole rings is 1. The van der Waals surface area contributed by atoms with Crippen LogP contribution in [0.1, 0.15) is 109 Å². The summed E-state index contributed by atoms with van der Waals surface area (Å²) in [5.74, 6) is -0.0767. The molecule has 0 aromatic carbocycles. The Hall–Kier alpha value is -1.32. The highest BCUT2D eigenvalue weighted by molar-refractivity contribution is 5.68. The van der Waals surface area contributed by atoms with Gasteiger partial charge in [-0.15, -0.1) is 0 Å². The number of carbonyl (C=O) groups excluding carboxylic acids is 1. The fraction of sp³-hybridized carbons (Fsp3) is 0.818. The van der Waals surface area contributed by atoms with E-state index in [-0.39, 0.29) is 5.97 Å². The fourth-order valence-electron chi connectivity index (χ4n) is 3.55. The summed E-state index contributed by atoms with van der Waals surface area (Å²) in [6.45, 7) is 2.27. The number of aromatic nitrogens is 2. The molecule has 0 aliphatic carbocycles. The van der Waals surface area contributed by atoms with E-state index in [0.717, 1.165) is 12.8 Å². The highest BCUT2D eigenvalue weighted by Crippen LogP contribution is 2.23. The summed E-state index contributed by atoms with van der Waals surface area (Å²) in [6.07, 6.45) is 24.5. The van der Waals surface area contributed by atoms with Crippen LogP contribution in [0.4, 0.5) is 0 Å². The molecule has 1 aromatic heterocycles. The van der Waals surface area contributed by atoms with Crippen LogP contribution in [0.3, 0.4) is 0 Å². The number of carbonyl (C=O) groups is 1. The van der Waals surface area contributed by atoms with Crippen molar-refractivity contribution in [3.8, 4) is 0 Å². The number of rotatable bonds is 17. The first-order valence-electron chi connectivity index (χ1n) is 10.8. The molecule has 0 aliphatic rings. The first kappa shape index (κ1) is 22.7. The van der Waals surface area contributed by atoms with E-state index < -0.39 is 0 Å². The lowest BCUT2D eigenvalue weighted by Crippen LogP contribution is -2.07. The molecule has 1 atom stereocenters. The minimum absolute atomic E-state index is 0.0767. The number of ether oxygens (including phenoxy) is 1. The predicted molar refractivity (Wildman–Crippen MR) is 108 cm³/mol. The van der Waals surface area contributed by atoms with E-state index in [4.69, 9.17) is 0 Å². The Morgan fingerprint density at radius 3 is 2.04 bits per heavy atom. The number of methoxy groups -OCH3 is 1. The molecule has 4 heteroatoms. The van der Waals surface area contributed by atoms with Crippen molar-refractivity contribution in [1.82, 2.24) is 9.55 Å². The molecule has 0 saturated heterocycles. The van der Waals surface area contributed by atoms with Gasteiger partial charge in [-0.05, 0) is 19.3 Å². The molecular formula is C22H40N2O2. The quantitative estimate of drug-likeness (QED) is 0.235. The van der Waals surface area contributed by atoms with Gasteiger partial charge in [-0.1, -0.05) is 77.6 Å². The zero-order chi connectivity index (χ0) is 18.9. The van der Waals surface area contributed by atoms with Gasteiger partial charge in [-0.25, -0.2) is 4.98 Å². The monoisotopic (exact) mass is 364 g/mol. The van der Waals surface area contributed by atoms with E-state index in [1.807, 2.05) is 12.5 Å². The molecule has 0 aliphatic heterocycles. The third-order valence-electron chi connectivity index (χ3n) is 5.23. The second kappa shape index (κ2) is 15.9. The zero-order valence-corrected chi connectivity index (χ0v) is 17.1. The van der Waals surface area contributed by atoms with E-state index >= 15 is 0 Å². The molecule has 26 heavy (non-hydrogen) atoms. The normalized spacial score (nSPS) is 12.2. The molecule has 1 rings (SSSR count). The van der Waals surface area contributed by atoms with Crippen LogP contribution in [0, 0.1) is 0 Å². The maximum atomic E-state index is 11.0. The first-order valence-corrected chi connectivity index (χ1v) is 10.8. The van der Waals surface area contributed by atoms with Crippen LogP contribution in [-0.4, -0.2) is 22.6 Å². The molecule has 0 bridgehead atoms. The van der Waals surface area contributed by atoms with Gasteiger partial charge < -0.3 is 9.30 Å². The van der Waals surface area contributed by atoms with Gasteiger partial charge in [0.25, 0.3) is 0 Å². The number of unbranched alkanes of at least 4 members (excludes halogenated alkanes) is 10. The highest BCUT2D eigenvalue weighted by Gasteiger charge is 2.09. The van der Waals surface area contributed by atoms with Crippen molar-refractivity contribution in [3.63, 3.8) is 0 Å². The van der Waals surface area contributed by atoms with Crippen LogP contribution >= 0.6 is 0 Å². The highest BCUT2D eigenvalue weighted by atomic mass is 16.5. The molecule has 1 heterocycles. The number of esters is 1. The van der Waals surface area contributed by atoms with Crippen LogP contribution in [-0.2, 0) is 9.53 Å². The van der Waals surface area contributed by atoms with Crippen molar-refractivity contribution >= 4 is 5.97 Å². The van der Waals surface area contributed by atoms with Crippen molar-refractivity contribution in [3.05, 3.63) is 18.7 Å². The Morgan fingerprint density at radius 2 is 1.50 bits per heavy atom. The van der Waals surface area contributed by atoms with E-state index in [0.29, 0.717) is 12.5 Å². The summed E-state index contributed by atoms with van der Waals surface area (Å²) in [4.78, 5) is 15.3. The van der Waals surface area contributed by atoms with E-state index in [1.54, 1.807) is 0 Å². The predicted octanol–water partition coefficient (Wildman–Crippen LogP) is 6.47. The molecule has 4 nitrogen and oxygen atoms in total. The van der Waals surface area contributed by atoms with Gasteiger partial charge >= 0.3 is 5.97 Å². The Labute approximate surface area is 160 Å². The summed E-state index contributed by atoms with van der Waals surface area (Å²) in [5.41, 5.74) is 0. The van der Waals surface area contributed by atoms with Gasteiger partial charge in [0.1, 0.15) is 0 Å². The maximum Gasteiger partial charge on any atom is 0.305 e. The van der Waals surface area contributed by atoms with Crippen molar-refractivity contribution in [2.45, 2.75) is 109 Å². The van der Waals surface area contributed by atoms with Crippen molar-refractivity contribution in [2.75, 3.05) is 7.11 Å². The lowest BCUT2D eigenvalue weighted by atomic mass is 10.00. The summed E-state index contributed by atoms with van der Waals surface area (Å²) >= 11 is 0. The number of hydrogen-bond donors (Lipinski definition) is 0. The topological polar surface area (TPSA) is 44.1 Å². The summed E-state index contributed by atoms with van der Waals surface area (Å²) in [5, 5.41) is 0. The third kappa shape index (κ3) is 11.3. The van der Waals surface area contributed by atoms with Gasteiger partial charge in [0.2, 0.25) is 0 Å². The second-order valence-electron chi connectivity index (χ2n) is 7.46. The lowest BCUT2D eigenvalue weighted by Gasteiger charge is -2.18. The molecule has 0 fully saturated rings. The largest absolute Gasteiger partial charge is 0.469 e. The van der Waals surface area contributed by atoms with Crippen LogP contribution in [0.5, 0.6) is 0 Å². The SMILES string of the molecule is CCCCCCC(CCCCCCCCCCC(=O)OC)n1ccnc1. The van der Waals surface area contributed by atoms with Crippen LogP contribution in [0.15, 0.2) is 18.7 Å². The van der Waals surface area contributed by atoms with E-state index in [2.05, 4.69) is 27.4 Å². The van der Waals surface area contributed by atoms with Crippen LogP contribution < -0.4 is 0 Å². The maximum absolute atomic E-state index is 11.0. The summed E-state index contributed by atoms with van der Waals surface area (Å²) in [6, 6.07) is 0.632. The Balaban J connectivity index is 2.03. The third-order valence-corrected chi connectivity index (χ3v) is 5.23. The summed E-state index contributed by atoms with van der Waals surface area (Å²) < 4.78 is 6.97. The van der Waals surface area contributed by atoms with Crippen LogP contribution in [0.2, 0.25) is 0 Å². The Morgan fingerprint density at radius 1 is 0.923 bits per heavy atom. The standard InChI is InChI=1S/C22H40N2O2/c1-3-4-5-12-15-21(24-19-18-23-20-24)16-13-10-8-6-7-9-11-14-17-22(25)26-2/h18-21H,3-17H2,1-2H3. The molecular weight excluding hydrogens is 324 g/mol. The zero-order valence-electron chi connectivity index (χ0n) is 17.1. The smallest absolute Gasteiger partial charge is 0.305 e. The molecule has 0 saturated carbocycles. The minimum atomic E-state index is -0.0767. The number of hydrogen-bond acceptors (Lipinski definition) is 3.